The van der Waals surface area contributed by atoms with E-state index in [-0.39, 0.29) is 23.5 Å². The summed E-state index contributed by atoms with van der Waals surface area (Å²) in [7, 11) is -3.24. The van der Waals surface area contributed by atoms with E-state index >= 15 is 0 Å². The smallest absolute Gasteiger partial charge is 0.333 e. The van der Waals surface area contributed by atoms with Crippen LogP contribution in [0.3, 0.4) is 0 Å². The van der Waals surface area contributed by atoms with Gasteiger partial charge < -0.3 is 14.4 Å². The summed E-state index contributed by atoms with van der Waals surface area (Å²) in [6, 6.07) is 9.81. The second kappa shape index (κ2) is 12.9. The Morgan fingerprint density at radius 1 is 1.24 bits per heavy atom. The average molecular weight is 565 g/mol. The normalized spacial score (nSPS) is 19.5. The van der Waals surface area contributed by atoms with Crippen LogP contribution in [0.1, 0.15) is 46.5 Å². The fraction of sp³-hybridized carbons (Fsp3) is 0.444. The monoisotopic (exact) mass is 564 g/mol. The lowest BCUT2D eigenvalue weighted by Crippen LogP contribution is -2.37. The van der Waals surface area contributed by atoms with Crippen molar-refractivity contribution in [3.8, 4) is 5.75 Å². The fourth-order valence-electron chi connectivity index (χ4n) is 4.66. The molecule has 0 bridgehead atoms. The maximum Gasteiger partial charge on any atom is 0.333 e. The molecule has 1 unspecified atom stereocenters. The molecule has 0 spiro atoms. The third kappa shape index (κ3) is 6.82. The molecule has 0 aromatic heterocycles. The number of fused-ring (bicyclic) bond motifs is 1. The van der Waals surface area contributed by atoms with Crippen LogP contribution in [0.4, 0.5) is 17.1 Å². The van der Waals surface area contributed by atoms with Crippen LogP contribution in [0, 0.1) is 15.5 Å². The molecule has 1 aliphatic heterocycles. The molecule has 0 saturated heterocycles. The van der Waals surface area contributed by atoms with Crippen molar-refractivity contribution in [3.05, 3.63) is 58.9 Å². The number of carbonyl (C=O) groups is 1. The number of hydrogen-bond acceptors (Lipinski definition) is 9. The molecule has 11 heteroatoms. The summed E-state index contributed by atoms with van der Waals surface area (Å²) in [5, 5.41) is 11.3. The highest BCUT2D eigenvalue weighted by molar-refractivity contribution is 8.24. The molecule has 0 saturated carbocycles. The fourth-order valence-corrected chi connectivity index (χ4v) is 7.44. The van der Waals surface area contributed by atoms with Crippen LogP contribution in [-0.2, 0) is 9.53 Å². The van der Waals surface area contributed by atoms with Gasteiger partial charge in [0.25, 0.3) is 5.69 Å². The molecular formula is C27H36N2O7S2. The first kappa shape index (κ1) is 29.8. The Morgan fingerprint density at radius 3 is 2.53 bits per heavy atom. The Labute approximate surface area is 229 Å². The van der Waals surface area contributed by atoms with Crippen molar-refractivity contribution in [2.24, 2.45) is 5.41 Å². The van der Waals surface area contributed by atoms with Crippen LogP contribution in [0.25, 0.3) is 0 Å². The van der Waals surface area contributed by atoms with Crippen molar-refractivity contribution >= 4 is 45.4 Å². The number of anilines is 2. The first-order chi connectivity index (χ1) is 18.1. The van der Waals surface area contributed by atoms with Crippen LogP contribution in [0.2, 0.25) is 0 Å². The summed E-state index contributed by atoms with van der Waals surface area (Å²) in [6.45, 7) is 6.66. The third-order valence-electron chi connectivity index (χ3n) is 6.76. The number of benzene rings is 2. The van der Waals surface area contributed by atoms with Gasteiger partial charge in [0.2, 0.25) is 0 Å². The number of nitro groups is 1. The van der Waals surface area contributed by atoms with Crippen molar-refractivity contribution < 1.29 is 28.3 Å². The highest BCUT2D eigenvalue weighted by atomic mass is 32.3. The molecule has 2 aromatic rings. The van der Waals surface area contributed by atoms with Gasteiger partial charge in [0.15, 0.2) is 0 Å². The van der Waals surface area contributed by atoms with Gasteiger partial charge in [-0.2, -0.15) is 10.6 Å². The Bertz CT molecular complexity index is 1170. The summed E-state index contributed by atoms with van der Waals surface area (Å²) in [5.74, 6) is 0.0483. The second-order valence-electron chi connectivity index (χ2n) is 9.27. The van der Waals surface area contributed by atoms with E-state index in [0.717, 1.165) is 36.3 Å². The minimum absolute atomic E-state index is 0.0113. The molecule has 1 aliphatic rings. The quantitative estimate of drug-likeness (QED) is 0.0708. The van der Waals surface area contributed by atoms with Crippen molar-refractivity contribution in [1.82, 2.24) is 0 Å². The third-order valence-corrected chi connectivity index (χ3v) is 9.56. The summed E-state index contributed by atoms with van der Waals surface area (Å²) in [5.41, 5.74) is 0.950. The van der Waals surface area contributed by atoms with Gasteiger partial charge in [-0.1, -0.05) is 26.7 Å². The van der Waals surface area contributed by atoms with Gasteiger partial charge in [0, 0.05) is 41.6 Å². The number of thioether (sulfide) groups is 1. The average Bonchev–Trinajstić information content (AvgIpc) is 2.99. The maximum absolute atomic E-state index is 11.7. The minimum atomic E-state index is -3.24. The molecule has 1 atom stereocenters. The van der Waals surface area contributed by atoms with E-state index in [1.54, 1.807) is 25.1 Å². The first-order valence-corrected chi connectivity index (χ1v) is 15.5. The first-order valence-electron chi connectivity index (χ1n) is 12.6. The van der Waals surface area contributed by atoms with Crippen LogP contribution in [-0.4, -0.2) is 45.2 Å². The molecule has 0 amide bonds. The zero-order chi connectivity index (χ0) is 27.9. The summed E-state index contributed by atoms with van der Waals surface area (Å²) >= 11 is 1.42. The number of hydrogen-bond donors (Lipinski definition) is 2. The van der Waals surface area contributed by atoms with Crippen molar-refractivity contribution in [2.45, 2.75) is 56.2 Å². The minimum Gasteiger partial charge on any atom is -0.463 e. The number of nitrogens with zero attached hydrogens (tertiary/aromatic N) is 2. The SMILES string of the molecule is CCCCC1(CC)CN(c2ccc([N+](=O)[O-])cc2)c2cc(SC)c(O/C=C/C(=O)OCC)cc2S(O)(O)C1. The van der Waals surface area contributed by atoms with Gasteiger partial charge in [-0.15, -0.1) is 11.8 Å². The number of ether oxygens (including phenoxy) is 2. The van der Waals surface area contributed by atoms with Crippen LogP contribution < -0.4 is 9.64 Å². The maximum atomic E-state index is 11.7. The molecule has 9 nitrogen and oxygen atoms in total. The van der Waals surface area contributed by atoms with E-state index in [1.807, 2.05) is 17.2 Å². The van der Waals surface area contributed by atoms with Gasteiger partial charge in [-0.3, -0.25) is 19.2 Å². The molecule has 38 heavy (non-hydrogen) atoms. The van der Waals surface area contributed by atoms with Crippen molar-refractivity contribution in [2.75, 3.05) is 30.1 Å². The van der Waals surface area contributed by atoms with E-state index in [0.29, 0.717) is 22.9 Å². The summed E-state index contributed by atoms with van der Waals surface area (Å²) < 4.78 is 33.9. The van der Waals surface area contributed by atoms with Gasteiger partial charge in [-0.25, -0.2) is 4.79 Å². The predicted octanol–water partition coefficient (Wildman–Crippen LogP) is 7.62. The number of non-ortho nitro benzene ring substituents is 1. The molecule has 0 aliphatic carbocycles. The predicted molar refractivity (Wildman–Crippen MR) is 153 cm³/mol. The number of carbonyl (C=O) groups excluding carboxylic acids is 1. The largest absolute Gasteiger partial charge is 0.463 e. The van der Waals surface area contributed by atoms with E-state index in [9.17, 15) is 24.0 Å². The van der Waals surface area contributed by atoms with E-state index < -0.39 is 21.5 Å². The molecule has 3 rings (SSSR count). The molecule has 2 N–H and O–H groups in total. The van der Waals surface area contributed by atoms with E-state index in [1.165, 1.54) is 36.2 Å². The Kier molecular flexibility index (Phi) is 10.1. The zero-order valence-corrected chi connectivity index (χ0v) is 23.8. The highest BCUT2D eigenvalue weighted by Gasteiger charge is 2.42. The lowest BCUT2D eigenvalue weighted by molar-refractivity contribution is -0.384. The van der Waals surface area contributed by atoms with Crippen molar-refractivity contribution in [1.29, 1.82) is 0 Å². The van der Waals surface area contributed by atoms with E-state index in [4.69, 9.17) is 9.47 Å². The second-order valence-corrected chi connectivity index (χ2v) is 12.2. The molecular weight excluding hydrogens is 528 g/mol. The standard InChI is InChI=1S/C27H36N2O7S2/c1-5-8-14-27(6-2)18-28(20-9-11-21(12-10-20)29(31)32)22-16-24(37-4)23(17-25(22)38(33,34)19-27)36-15-13-26(30)35-7-3/h9-13,15-17,33-34H,5-8,14,18-19H2,1-4H3/b15-13+. The molecule has 0 fully saturated rings. The summed E-state index contributed by atoms with van der Waals surface area (Å²) in [6.07, 6.45) is 7.76. The van der Waals surface area contributed by atoms with Crippen molar-refractivity contribution in [3.63, 3.8) is 0 Å². The summed E-state index contributed by atoms with van der Waals surface area (Å²) in [4.78, 5) is 25.6. The lowest BCUT2D eigenvalue weighted by atomic mass is 9.81. The van der Waals surface area contributed by atoms with Gasteiger partial charge in [0.1, 0.15) is 5.75 Å². The number of rotatable bonds is 11. The van der Waals surface area contributed by atoms with E-state index in [2.05, 4.69) is 13.8 Å². The topological polar surface area (TPSA) is 122 Å². The van der Waals surface area contributed by atoms with Crippen LogP contribution in [0.5, 0.6) is 5.75 Å². The van der Waals surface area contributed by atoms with Gasteiger partial charge in [-0.05, 0) is 44.2 Å². The van der Waals surface area contributed by atoms with Crippen LogP contribution >= 0.6 is 22.4 Å². The Balaban J connectivity index is 2.17. The van der Waals surface area contributed by atoms with Crippen LogP contribution in [0.15, 0.2) is 58.5 Å². The molecule has 1 heterocycles. The van der Waals surface area contributed by atoms with Gasteiger partial charge in [0.05, 0.1) is 39.3 Å². The molecule has 2 aromatic carbocycles. The Hall–Kier alpha value is -2.73. The number of unbranched alkanes of at least 4 members (excludes halogenated alkanes) is 1. The molecule has 0 radical (unpaired) electrons. The Morgan fingerprint density at radius 2 is 1.95 bits per heavy atom. The van der Waals surface area contributed by atoms with Gasteiger partial charge >= 0.3 is 5.97 Å². The lowest BCUT2D eigenvalue weighted by Gasteiger charge is -2.41. The highest BCUT2D eigenvalue weighted by Crippen LogP contribution is 2.62. The molecule has 208 valence electrons. The number of esters is 1. The number of nitro benzene ring substituents is 1. The zero-order valence-electron chi connectivity index (χ0n) is 22.2.